The molecule has 1 aromatic rings. The van der Waals surface area contributed by atoms with Gasteiger partial charge in [0.15, 0.2) is 0 Å². The zero-order valence-electron chi connectivity index (χ0n) is 12.5. The van der Waals surface area contributed by atoms with Gasteiger partial charge in [-0.2, -0.15) is 0 Å². The van der Waals surface area contributed by atoms with Crippen LogP contribution in [-0.4, -0.2) is 25.1 Å². The van der Waals surface area contributed by atoms with Gasteiger partial charge in [-0.05, 0) is 36.6 Å². The maximum atomic E-state index is 12.7. The number of ether oxygens (including phenoxy) is 1. The van der Waals surface area contributed by atoms with E-state index in [1.165, 1.54) is 12.1 Å². The van der Waals surface area contributed by atoms with Crippen LogP contribution in [0.3, 0.4) is 0 Å². The second-order valence-corrected chi connectivity index (χ2v) is 4.86. The van der Waals surface area contributed by atoms with Crippen LogP contribution in [0.1, 0.15) is 26.7 Å². The van der Waals surface area contributed by atoms with Crippen molar-refractivity contribution in [1.29, 1.82) is 0 Å². The molecule has 0 bridgehead atoms. The van der Waals surface area contributed by atoms with Crippen LogP contribution in [0.4, 0.5) is 4.39 Å². The molecule has 0 aliphatic rings. The van der Waals surface area contributed by atoms with E-state index in [0.717, 1.165) is 6.42 Å². The van der Waals surface area contributed by atoms with E-state index in [4.69, 9.17) is 10.5 Å². The summed E-state index contributed by atoms with van der Waals surface area (Å²) in [4.78, 5) is 11.7. The fraction of sp³-hybridized carbons (Fsp3) is 0.533. The van der Waals surface area contributed by atoms with Crippen molar-refractivity contribution in [3.8, 4) is 5.75 Å². The van der Waals surface area contributed by atoms with Crippen molar-refractivity contribution < 1.29 is 13.9 Å². The van der Waals surface area contributed by atoms with Crippen LogP contribution in [0.25, 0.3) is 0 Å². The van der Waals surface area contributed by atoms with E-state index in [-0.39, 0.29) is 30.0 Å². The summed E-state index contributed by atoms with van der Waals surface area (Å²) >= 11 is 0. The molecule has 0 spiro atoms. The molecule has 1 amide bonds. The van der Waals surface area contributed by atoms with Crippen LogP contribution in [0.5, 0.6) is 5.75 Å². The zero-order chi connectivity index (χ0) is 15.0. The van der Waals surface area contributed by atoms with Crippen molar-refractivity contribution in [1.82, 2.24) is 5.32 Å². The molecule has 0 aromatic heterocycles. The minimum Gasteiger partial charge on any atom is -0.494 e. The highest BCUT2D eigenvalue weighted by atomic mass is 35.5. The Balaban J connectivity index is 0.00000400. The van der Waals surface area contributed by atoms with Gasteiger partial charge < -0.3 is 15.8 Å². The number of carbonyl (C=O) groups excluding carboxylic acids is 1. The summed E-state index contributed by atoms with van der Waals surface area (Å²) in [5, 5.41) is 2.79. The van der Waals surface area contributed by atoms with Gasteiger partial charge in [0.1, 0.15) is 11.6 Å². The van der Waals surface area contributed by atoms with Gasteiger partial charge in [-0.3, -0.25) is 4.79 Å². The number of amides is 1. The highest BCUT2D eigenvalue weighted by molar-refractivity contribution is 5.85. The SMILES string of the molecule is CCC(C)C(N)C(=O)NCCCOc1ccc(F)cc1.Cl. The third-order valence-electron chi connectivity index (χ3n) is 3.26. The van der Waals surface area contributed by atoms with Gasteiger partial charge in [-0.15, -0.1) is 12.4 Å². The maximum Gasteiger partial charge on any atom is 0.237 e. The first-order chi connectivity index (χ1) is 9.54. The minimum absolute atomic E-state index is 0. The van der Waals surface area contributed by atoms with Crippen LogP contribution in [-0.2, 0) is 4.79 Å². The Labute approximate surface area is 131 Å². The molecule has 0 radical (unpaired) electrons. The lowest BCUT2D eigenvalue weighted by molar-refractivity contribution is -0.123. The number of carbonyl (C=O) groups is 1. The van der Waals surface area contributed by atoms with Gasteiger partial charge in [0.05, 0.1) is 12.6 Å². The predicted molar refractivity (Wildman–Crippen MR) is 84.2 cm³/mol. The maximum absolute atomic E-state index is 12.7. The van der Waals surface area contributed by atoms with Gasteiger partial charge in [-0.25, -0.2) is 4.39 Å². The predicted octanol–water partition coefficient (Wildman–Crippen LogP) is 2.51. The summed E-state index contributed by atoms with van der Waals surface area (Å²) in [6.45, 7) is 4.95. The largest absolute Gasteiger partial charge is 0.494 e. The fourth-order valence-electron chi connectivity index (χ4n) is 1.63. The van der Waals surface area contributed by atoms with E-state index >= 15 is 0 Å². The molecule has 0 aliphatic carbocycles. The normalized spacial score (nSPS) is 13.0. The Hall–Kier alpha value is -1.33. The van der Waals surface area contributed by atoms with Crippen LogP contribution in [0.15, 0.2) is 24.3 Å². The molecule has 0 aliphatic heterocycles. The lowest BCUT2D eigenvalue weighted by atomic mass is 9.99. The van der Waals surface area contributed by atoms with Gasteiger partial charge in [0.2, 0.25) is 5.91 Å². The first-order valence-electron chi connectivity index (χ1n) is 6.96. The van der Waals surface area contributed by atoms with Crippen molar-refractivity contribution in [2.24, 2.45) is 11.7 Å². The average molecular weight is 319 g/mol. The summed E-state index contributed by atoms with van der Waals surface area (Å²) in [5.74, 6) is 0.379. The molecule has 0 saturated heterocycles. The number of nitrogens with two attached hydrogens (primary N) is 1. The monoisotopic (exact) mass is 318 g/mol. The van der Waals surface area contributed by atoms with Gasteiger partial charge >= 0.3 is 0 Å². The molecule has 0 saturated carbocycles. The summed E-state index contributed by atoms with van der Waals surface area (Å²) < 4.78 is 18.1. The highest BCUT2D eigenvalue weighted by Gasteiger charge is 2.18. The van der Waals surface area contributed by atoms with E-state index in [9.17, 15) is 9.18 Å². The summed E-state index contributed by atoms with van der Waals surface area (Å²) in [6, 6.07) is 5.39. The van der Waals surface area contributed by atoms with Crippen molar-refractivity contribution in [3.63, 3.8) is 0 Å². The van der Waals surface area contributed by atoms with Crippen molar-refractivity contribution >= 4 is 18.3 Å². The lowest BCUT2D eigenvalue weighted by Crippen LogP contribution is -2.45. The number of rotatable bonds is 8. The Morgan fingerprint density at radius 1 is 1.38 bits per heavy atom. The van der Waals surface area contributed by atoms with Crippen LogP contribution >= 0.6 is 12.4 Å². The molecule has 1 rings (SSSR count). The number of hydrogen-bond acceptors (Lipinski definition) is 3. The molecule has 2 unspecified atom stereocenters. The van der Waals surface area contributed by atoms with Crippen LogP contribution < -0.4 is 15.8 Å². The molecule has 21 heavy (non-hydrogen) atoms. The van der Waals surface area contributed by atoms with Crippen molar-refractivity contribution in [2.75, 3.05) is 13.2 Å². The molecule has 0 heterocycles. The lowest BCUT2D eigenvalue weighted by Gasteiger charge is -2.17. The van der Waals surface area contributed by atoms with Gasteiger partial charge in [-0.1, -0.05) is 20.3 Å². The van der Waals surface area contributed by atoms with E-state index in [1.54, 1.807) is 12.1 Å². The molecule has 4 nitrogen and oxygen atoms in total. The first-order valence-corrected chi connectivity index (χ1v) is 6.96. The van der Waals surface area contributed by atoms with E-state index in [1.807, 2.05) is 13.8 Å². The quantitative estimate of drug-likeness (QED) is 0.724. The molecule has 0 fully saturated rings. The average Bonchev–Trinajstić information content (AvgIpc) is 2.47. The Morgan fingerprint density at radius 3 is 2.57 bits per heavy atom. The topological polar surface area (TPSA) is 64.4 Å². The molecule has 120 valence electrons. The first kappa shape index (κ1) is 19.7. The third kappa shape index (κ3) is 7.29. The molecule has 3 N–H and O–H groups in total. The molecule has 2 atom stereocenters. The Kier molecular flexibility index (Phi) is 9.75. The summed E-state index contributed by atoms with van der Waals surface area (Å²) in [5.41, 5.74) is 5.81. The van der Waals surface area contributed by atoms with E-state index < -0.39 is 6.04 Å². The molecule has 1 aromatic carbocycles. The molecular weight excluding hydrogens is 295 g/mol. The molecular formula is C15H24ClFN2O2. The van der Waals surface area contributed by atoms with Crippen LogP contribution in [0.2, 0.25) is 0 Å². The zero-order valence-corrected chi connectivity index (χ0v) is 13.3. The minimum atomic E-state index is -0.460. The summed E-state index contributed by atoms with van der Waals surface area (Å²) in [7, 11) is 0. The van der Waals surface area contributed by atoms with Crippen molar-refractivity contribution in [3.05, 3.63) is 30.1 Å². The highest BCUT2D eigenvalue weighted by Crippen LogP contribution is 2.11. The number of hydrogen-bond donors (Lipinski definition) is 2. The second kappa shape index (κ2) is 10.4. The number of nitrogens with one attached hydrogen (secondary N) is 1. The third-order valence-corrected chi connectivity index (χ3v) is 3.26. The number of benzene rings is 1. The van der Waals surface area contributed by atoms with E-state index in [0.29, 0.717) is 25.3 Å². The fourth-order valence-corrected chi connectivity index (χ4v) is 1.63. The number of halogens is 2. The second-order valence-electron chi connectivity index (χ2n) is 4.86. The smallest absolute Gasteiger partial charge is 0.237 e. The standard InChI is InChI=1S/C15H23FN2O2.ClH/c1-3-11(2)14(17)15(19)18-9-4-10-20-13-7-5-12(16)6-8-13;/h5-8,11,14H,3-4,9-10,17H2,1-2H3,(H,18,19);1H. The molecule has 6 heteroatoms. The van der Waals surface area contributed by atoms with Crippen molar-refractivity contribution in [2.45, 2.75) is 32.7 Å². The van der Waals surface area contributed by atoms with Gasteiger partial charge in [0, 0.05) is 6.54 Å². The Morgan fingerprint density at radius 2 is 2.00 bits per heavy atom. The van der Waals surface area contributed by atoms with Gasteiger partial charge in [0.25, 0.3) is 0 Å². The Bertz CT molecular complexity index is 415. The van der Waals surface area contributed by atoms with Crippen LogP contribution in [0, 0.1) is 11.7 Å². The summed E-state index contributed by atoms with van der Waals surface area (Å²) in [6.07, 6.45) is 1.55. The van der Waals surface area contributed by atoms with E-state index in [2.05, 4.69) is 5.32 Å².